The van der Waals surface area contributed by atoms with Crippen LogP contribution in [0, 0.1) is 5.41 Å². The first-order valence-electron chi connectivity index (χ1n) is 7.44. The highest BCUT2D eigenvalue weighted by molar-refractivity contribution is 7.20. The number of carbonyl (C=O) groups is 2. The zero-order valence-electron chi connectivity index (χ0n) is 12.9. The summed E-state index contributed by atoms with van der Waals surface area (Å²) < 4.78 is 37.0. The molecule has 1 saturated heterocycles. The monoisotopic (exact) mass is 376 g/mol. The maximum Gasteiger partial charge on any atom is 0.490 e. The van der Waals surface area contributed by atoms with Gasteiger partial charge < -0.3 is 20.2 Å². The van der Waals surface area contributed by atoms with Crippen LogP contribution in [0.5, 0.6) is 0 Å². The summed E-state index contributed by atoms with van der Waals surface area (Å²) >= 11 is 1.42. The molecule has 10 heteroatoms. The molecule has 1 amide bonds. The molecule has 25 heavy (non-hydrogen) atoms. The van der Waals surface area contributed by atoms with Gasteiger partial charge >= 0.3 is 12.1 Å². The second-order valence-corrected chi connectivity index (χ2v) is 7.25. The number of halogens is 3. The molecule has 2 aromatic heterocycles. The van der Waals surface area contributed by atoms with Crippen molar-refractivity contribution in [3.63, 3.8) is 0 Å². The van der Waals surface area contributed by atoms with Crippen molar-refractivity contribution in [3.8, 4) is 0 Å². The number of likely N-dealkylation sites (tertiary alicyclic amines) is 1. The minimum absolute atomic E-state index is 0.102. The van der Waals surface area contributed by atoms with Crippen LogP contribution in [0.25, 0.3) is 10.3 Å². The van der Waals surface area contributed by atoms with E-state index in [1.807, 2.05) is 17.0 Å². The van der Waals surface area contributed by atoms with Gasteiger partial charge in [0, 0.05) is 29.9 Å². The van der Waals surface area contributed by atoms with E-state index in [1.165, 1.54) is 24.2 Å². The predicted octanol–water partition coefficient (Wildman–Crippen LogP) is 2.69. The predicted molar refractivity (Wildman–Crippen MR) is 83.3 cm³/mol. The van der Waals surface area contributed by atoms with Gasteiger partial charge in [-0.2, -0.15) is 13.2 Å². The van der Waals surface area contributed by atoms with Crippen molar-refractivity contribution >= 4 is 33.5 Å². The maximum absolute atomic E-state index is 12.4. The van der Waals surface area contributed by atoms with E-state index in [2.05, 4.69) is 0 Å². The fraction of sp³-hybridized carbons (Fsp3) is 0.467. The minimum Gasteiger partial charge on any atom is -0.475 e. The summed E-state index contributed by atoms with van der Waals surface area (Å²) in [6.07, 6.45) is -1.09. The van der Waals surface area contributed by atoms with E-state index in [0.717, 1.165) is 21.7 Å². The minimum atomic E-state index is -5.08. The number of nitrogens with two attached hydrogens (primary N) is 1. The third-order valence-corrected chi connectivity index (χ3v) is 5.52. The number of amides is 1. The van der Waals surface area contributed by atoms with E-state index in [-0.39, 0.29) is 17.4 Å². The summed E-state index contributed by atoms with van der Waals surface area (Å²) in [6, 6.07) is 3.96. The summed E-state index contributed by atoms with van der Waals surface area (Å²) in [4.78, 5) is 24.8. The van der Waals surface area contributed by atoms with Crippen LogP contribution >= 0.6 is 11.3 Å². The van der Waals surface area contributed by atoms with Gasteiger partial charge in [-0.05, 0) is 25.0 Å². The number of hydrogen-bond donors (Lipinski definition) is 2. The Labute approximate surface area is 144 Å². The Morgan fingerprint density at radius 1 is 1.40 bits per heavy atom. The Bertz CT molecular complexity index is 781. The van der Waals surface area contributed by atoms with Gasteiger partial charge in [-0.25, -0.2) is 4.79 Å². The van der Waals surface area contributed by atoms with Crippen molar-refractivity contribution in [3.05, 3.63) is 23.3 Å². The molecule has 1 aliphatic carbocycles. The zero-order valence-corrected chi connectivity index (χ0v) is 13.7. The molecule has 1 atom stereocenters. The number of hydrogen-bond acceptors (Lipinski definition) is 5. The first-order valence-corrected chi connectivity index (χ1v) is 8.26. The number of fused-ring (bicyclic) bond motifs is 1. The summed E-state index contributed by atoms with van der Waals surface area (Å²) in [7, 11) is 0. The molecule has 1 aliphatic heterocycles. The Morgan fingerprint density at radius 3 is 2.52 bits per heavy atom. The number of carboxylic acids is 1. The number of nitrogens with zero attached hydrogens (tertiary/aromatic N) is 1. The smallest absolute Gasteiger partial charge is 0.475 e. The first-order chi connectivity index (χ1) is 11.6. The normalized spacial score (nSPS) is 21.3. The Hall–Kier alpha value is -2.07. The lowest BCUT2D eigenvalue weighted by molar-refractivity contribution is -0.192. The topological polar surface area (TPSA) is 96.8 Å². The van der Waals surface area contributed by atoms with Crippen LogP contribution in [0.1, 0.15) is 22.5 Å². The van der Waals surface area contributed by atoms with E-state index < -0.39 is 12.1 Å². The number of carboxylic acid groups (broad SMARTS) is 1. The molecule has 2 aromatic rings. The van der Waals surface area contributed by atoms with E-state index in [0.29, 0.717) is 6.54 Å². The third kappa shape index (κ3) is 3.49. The molecule has 3 N–H and O–H groups in total. The molecule has 4 rings (SSSR count). The number of alkyl halides is 3. The standard InChI is InChI=1S/C13H14N2O2S.C2HF3O2/c14-10-6-15(7-13(10)2-3-13)11(16)9-5-8-1-4-17-12(8)18-9;3-2(4,5)1(6)7/h1,4-5,10H,2-3,6-7,14H2;(H,6,7). The maximum atomic E-state index is 12.4. The van der Waals surface area contributed by atoms with Crippen LogP contribution in [0.4, 0.5) is 13.2 Å². The van der Waals surface area contributed by atoms with Crippen molar-refractivity contribution in [2.75, 3.05) is 13.1 Å². The molecule has 6 nitrogen and oxygen atoms in total. The zero-order chi connectivity index (χ0) is 18.4. The van der Waals surface area contributed by atoms with Gasteiger partial charge in [-0.1, -0.05) is 11.3 Å². The van der Waals surface area contributed by atoms with Crippen LogP contribution in [0.3, 0.4) is 0 Å². The molecule has 3 heterocycles. The van der Waals surface area contributed by atoms with Gasteiger partial charge in [-0.3, -0.25) is 4.79 Å². The van der Waals surface area contributed by atoms with Crippen molar-refractivity contribution in [2.24, 2.45) is 11.1 Å². The Morgan fingerprint density at radius 2 is 2.04 bits per heavy atom. The third-order valence-electron chi connectivity index (χ3n) is 4.49. The second kappa shape index (κ2) is 6.03. The SMILES string of the molecule is NC1CN(C(=O)c2cc3ccoc3s2)CC12CC2.O=C(O)C(F)(F)F. The Kier molecular flexibility index (Phi) is 4.28. The highest BCUT2D eigenvalue weighted by Crippen LogP contribution is 2.52. The van der Waals surface area contributed by atoms with Crippen LogP contribution in [-0.2, 0) is 4.79 Å². The highest BCUT2D eigenvalue weighted by Gasteiger charge is 2.54. The number of carbonyl (C=O) groups excluding carboxylic acids is 1. The average Bonchev–Trinajstić information content (AvgIpc) is 2.85. The van der Waals surface area contributed by atoms with Crippen molar-refractivity contribution in [1.82, 2.24) is 4.90 Å². The van der Waals surface area contributed by atoms with Gasteiger partial charge in [0.05, 0.1) is 11.1 Å². The average molecular weight is 376 g/mol. The largest absolute Gasteiger partial charge is 0.490 e. The van der Waals surface area contributed by atoms with Gasteiger partial charge in [0.2, 0.25) is 0 Å². The van der Waals surface area contributed by atoms with Crippen molar-refractivity contribution < 1.29 is 32.3 Å². The lowest BCUT2D eigenvalue weighted by Crippen LogP contribution is -2.32. The quantitative estimate of drug-likeness (QED) is 0.798. The van der Waals surface area contributed by atoms with Gasteiger partial charge in [0.15, 0.2) is 4.90 Å². The molecule has 0 aromatic carbocycles. The summed E-state index contributed by atoms with van der Waals surface area (Å²) in [5.41, 5.74) is 6.37. The first kappa shape index (κ1) is 17.7. The van der Waals surface area contributed by atoms with Crippen molar-refractivity contribution in [2.45, 2.75) is 25.1 Å². The molecule has 136 valence electrons. The number of furan rings is 1. The lowest BCUT2D eigenvalue weighted by atomic mass is 10.0. The van der Waals surface area contributed by atoms with E-state index in [4.69, 9.17) is 20.1 Å². The molecule has 2 fully saturated rings. The molecule has 0 bridgehead atoms. The van der Waals surface area contributed by atoms with E-state index in [9.17, 15) is 18.0 Å². The number of aliphatic carboxylic acids is 1. The number of thiophene rings is 1. The van der Waals surface area contributed by atoms with Crippen molar-refractivity contribution in [1.29, 1.82) is 0 Å². The second-order valence-electron chi connectivity index (χ2n) is 6.23. The molecule has 1 saturated carbocycles. The van der Waals surface area contributed by atoms with E-state index in [1.54, 1.807) is 6.26 Å². The van der Waals surface area contributed by atoms with Crippen LogP contribution in [0.2, 0.25) is 0 Å². The number of rotatable bonds is 1. The van der Waals surface area contributed by atoms with Crippen LogP contribution in [0.15, 0.2) is 22.8 Å². The molecule has 0 radical (unpaired) electrons. The fourth-order valence-electron chi connectivity index (χ4n) is 2.86. The molecular weight excluding hydrogens is 361 g/mol. The van der Waals surface area contributed by atoms with Gasteiger partial charge in [0.1, 0.15) is 0 Å². The lowest BCUT2D eigenvalue weighted by Gasteiger charge is -2.14. The summed E-state index contributed by atoms with van der Waals surface area (Å²) in [6.45, 7) is 1.52. The van der Waals surface area contributed by atoms with Gasteiger partial charge in [-0.15, -0.1) is 0 Å². The Balaban J connectivity index is 0.000000225. The van der Waals surface area contributed by atoms with Crippen LogP contribution < -0.4 is 5.73 Å². The van der Waals surface area contributed by atoms with Crippen LogP contribution in [-0.4, -0.2) is 47.2 Å². The van der Waals surface area contributed by atoms with Gasteiger partial charge in [0.25, 0.3) is 5.91 Å². The summed E-state index contributed by atoms with van der Waals surface area (Å²) in [5.74, 6) is -2.65. The molecular formula is C15H15F3N2O4S. The fourth-order valence-corrected chi connectivity index (χ4v) is 3.81. The molecule has 1 spiro atoms. The molecule has 2 aliphatic rings. The van der Waals surface area contributed by atoms with E-state index >= 15 is 0 Å². The highest BCUT2D eigenvalue weighted by atomic mass is 32.1. The summed E-state index contributed by atoms with van der Waals surface area (Å²) in [5, 5.41) is 8.13. The molecule has 1 unspecified atom stereocenters.